The molecule has 2 heterocycles. The topological polar surface area (TPSA) is 69.7 Å². The Hall–Kier alpha value is -2.35. The van der Waals surface area contributed by atoms with Gasteiger partial charge in [0.25, 0.3) is 0 Å². The molecular formula is C19H22FN3O3S. The van der Waals surface area contributed by atoms with E-state index in [0.717, 1.165) is 11.3 Å². The summed E-state index contributed by atoms with van der Waals surface area (Å²) in [5.41, 5.74) is 0.650. The van der Waals surface area contributed by atoms with E-state index in [0.29, 0.717) is 5.56 Å². The molecule has 1 aromatic rings. The molecule has 1 fully saturated rings. The molecule has 8 heteroatoms. The van der Waals surface area contributed by atoms with Gasteiger partial charge in [0.2, 0.25) is 11.8 Å². The van der Waals surface area contributed by atoms with Crippen LogP contribution >= 0.6 is 11.8 Å². The minimum Gasteiger partial charge on any atom is -0.352 e. The molecule has 2 aliphatic heterocycles. The summed E-state index contributed by atoms with van der Waals surface area (Å²) in [7, 11) is 0. The molecule has 144 valence electrons. The summed E-state index contributed by atoms with van der Waals surface area (Å²) in [4.78, 5) is 40.7. The van der Waals surface area contributed by atoms with Gasteiger partial charge in [-0.1, -0.05) is 25.1 Å². The van der Waals surface area contributed by atoms with Gasteiger partial charge in [0, 0.05) is 6.04 Å². The van der Waals surface area contributed by atoms with Crippen LogP contribution in [0.1, 0.15) is 25.8 Å². The highest BCUT2D eigenvalue weighted by Crippen LogP contribution is 2.34. The average Bonchev–Trinajstić information content (AvgIpc) is 3.13. The van der Waals surface area contributed by atoms with Gasteiger partial charge in [-0.05, 0) is 36.4 Å². The van der Waals surface area contributed by atoms with Crippen LogP contribution in [-0.2, 0) is 16.1 Å². The number of carbonyl (C=O) groups is 3. The van der Waals surface area contributed by atoms with Crippen LogP contribution < -0.4 is 5.32 Å². The van der Waals surface area contributed by atoms with E-state index in [2.05, 4.69) is 5.32 Å². The number of nitrogens with one attached hydrogen (secondary N) is 1. The van der Waals surface area contributed by atoms with Crippen LogP contribution in [0.25, 0.3) is 0 Å². The lowest BCUT2D eigenvalue weighted by molar-refractivity contribution is -0.133. The third kappa shape index (κ3) is 4.16. The molecule has 4 amide bonds. The van der Waals surface area contributed by atoms with Crippen LogP contribution in [0.3, 0.4) is 0 Å². The molecule has 1 saturated heterocycles. The van der Waals surface area contributed by atoms with Gasteiger partial charge in [0.15, 0.2) is 0 Å². The molecule has 27 heavy (non-hydrogen) atoms. The molecule has 0 spiro atoms. The van der Waals surface area contributed by atoms with Crippen molar-refractivity contribution < 1.29 is 18.8 Å². The largest absolute Gasteiger partial charge is 0.352 e. The SMILES string of the molecule is CCC(C)NC(=O)CN1C(=O)N(Cc2ccc(F)cc2)C(=O)C2SC=CC21. The zero-order valence-corrected chi connectivity index (χ0v) is 16.0. The molecule has 3 unspecified atom stereocenters. The van der Waals surface area contributed by atoms with Crippen LogP contribution in [0, 0.1) is 5.82 Å². The van der Waals surface area contributed by atoms with Crippen molar-refractivity contribution in [1.29, 1.82) is 0 Å². The lowest BCUT2D eigenvalue weighted by atomic mass is 10.1. The average molecular weight is 391 g/mol. The summed E-state index contributed by atoms with van der Waals surface area (Å²) in [6.07, 6.45) is 2.58. The summed E-state index contributed by atoms with van der Waals surface area (Å²) >= 11 is 1.35. The number of fused-ring (bicyclic) bond motifs is 1. The molecule has 0 bridgehead atoms. The lowest BCUT2D eigenvalue weighted by Gasteiger charge is -2.41. The number of rotatable bonds is 6. The monoisotopic (exact) mass is 391 g/mol. The quantitative estimate of drug-likeness (QED) is 0.809. The van der Waals surface area contributed by atoms with E-state index < -0.39 is 17.3 Å². The van der Waals surface area contributed by atoms with E-state index in [9.17, 15) is 18.8 Å². The highest BCUT2D eigenvalue weighted by atomic mass is 32.2. The molecule has 0 aliphatic carbocycles. The molecule has 0 radical (unpaired) electrons. The second kappa shape index (κ2) is 8.12. The maximum Gasteiger partial charge on any atom is 0.328 e. The van der Waals surface area contributed by atoms with Gasteiger partial charge in [-0.3, -0.25) is 14.5 Å². The zero-order chi connectivity index (χ0) is 19.6. The van der Waals surface area contributed by atoms with E-state index in [1.165, 1.54) is 28.8 Å². The number of nitrogens with zero attached hydrogens (tertiary/aromatic N) is 2. The highest BCUT2D eigenvalue weighted by molar-refractivity contribution is 8.03. The fraction of sp³-hybridized carbons (Fsp3) is 0.421. The van der Waals surface area contributed by atoms with E-state index in [1.54, 1.807) is 23.6 Å². The standard InChI is InChI=1S/C19H22FN3O3S/c1-3-12(2)21-16(24)11-22-15-8-9-27-17(15)18(25)23(19(22)26)10-13-4-6-14(20)7-5-13/h4-9,12,15,17H,3,10-11H2,1-2H3,(H,21,24). The number of carbonyl (C=O) groups excluding carboxylic acids is 3. The number of amides is 4. The zero-order valence-electron chi connectivity index (χ0n) is 15.2. The normalized spacial score (nSPS) is 22.8. The Bertz CT molecular complexity index is 768. The van der Waals surface area contributed by atoms with Gasteiger partial charge < -0.3 is 10.2 Å². The predicted molar refractivity (Wildman–Crippen MR) is 101 cm³/mol. The molecular weight excluding hydrogens is 369 g/mol. The Morgan fingerprint density at radius 2 is 2.00 bits per heavy atom. The number of hydrogen-bond donors (Lipinski definition) is 1. The van der Waals surface area contributed by atoms with Crippen molar-refractivity contribution in [1.82, 2.24) is 15.1 Å². The first kappa shape index (κ1) is 19.4. The molecule has 0 saturated carbocycles. The van der Waals surface area contributed by atoms with Crippen molar-refractivity contribution in [2.75, 3.05) is 6.54 Å². The van der Waals surface area contributed by atoms with Crippen LogP contribution in [-0.4, -0.2) is 51.5 Å². The smallest absolute Gasteiger partial charge is 0.328 e. The fourth-order valence-electron chi connectivity index (χ4n) is 3.06. The van der Waals surface area contributed by atoms with Crippen molar-refractivity contribution in [3.8, 4) is 0 Å². The molecule has 6 nitrogen and oxygen atoms in total. The predicted octanol–water partition coefficient (Wildman–Crippen LogP) is 2.50. The van der Waals surface area contributed by atoms with Gasteiger partial charge >= 0.3 is 6.03 Å². The Morgan fingerprint density at radius 1 is 1.30 bits per heavy atom. The number of halogens is 1. The number of hydrogen-bond acceptors (Lipinski definition) is 4. The van der Waals surface area contributed by atoms with Crippen molar-refractivity contribution >= 4 is 29.6 Å². The fourth-order valence-corrected chi connectivity index (χ4v) is 4.13. The summed E-state index contributed by atoms with van der Waals surface area (Å²) in [5, 5.41) is 4.18. The first-order chi connectivity index (χ1) is 12.9. The van der Waals surface area contributed by atoms with Gasteiger partial charge in [-0.15, -0.1) is 11.8 Å². The highest BCUT2D eigenvalue weighted by Gasteiger charge is 2.47. The van der Waals surface area contributed by atoms with Crippen LogP contribution in [0.2, 0.25) is 0 Å². The molecule has 1 aromatic carbocycles. The number of imide groups is 1. The van der Waals surface area contributed by atoms with E-state index in [-0.39, 0.29) is 36.8 Å². The number of benzene rings is 1. The van der Waals surface area contributed by atoms with Crippen LogP contribution in [0.5, 0.6) is 0 Å². The van der Waals surface area contributed by atoms with Crippen molar-refractivity contribution in [2.45, 2.75) is 44.1 Å². The van der Waals surface area contributed by atoms with Crippen molar-refractivity contribution in [2.24, 2.45) is 0 Å². The molecule has 0 aromatic heterocycles. The van der Waals surface area contributed by atoms with Gasteiger partial charge in [0.1, 0.15) is 17.6 Å². The minimum absolute atomic E-state index is 0.0126. The summed E-state index contributed by atoms with van der Waals surface area (Å²) in [6, 6.07) is 4.75. The van der Waals surface area contributed by atoms with E-state index in [4.69, 9.17) is 0 Å². The first-order valence-corrected chi connectivity index (χ1v) is 9.83. The summed E-state index contributed by atoms with van der Waals surface area (Å²) in [6.45, 7) is 3.80. The van der Waals surface area contributed by atoms with Crippen LogP contribution in [0.4, 0.5) is 9.18 Å². The Labute approximate surface area is 161 Å². The molecule has 2 aliphatic rings. The number of thioether (sulfide) groups is 1. The maximum atomic E-state index is 13.1. The third-order valence-corrected chi connectivity index (χ3v) is 5.83. The molecule has 1 N–H and O–H groups in total. The van der Waals surface area contributed by atoms with Gasteiger partial charge in [-0.25, -0.2) is 9.18 Å². The van der Waals surface area contributed by atoms with E-state index >= 15 is 0 Å². The van der Waals surface area contributed by atoms with E-state index in [1.807, 2.05) is 13.8 Å². The van der Waals surface area contributed by atoms with Gasteiger partial charge in [0.05, 0.1) is 12.6 Å². The Balaban J connectivity index is 1.79. The summed E-state index contributed by atoms with van der Waals surface area (Å²) in [5.74, 6) is -0.922. The third-order valence-electron chi connectivity index (χ3n) is 4.74. The Morgan fingerprint density at radius 3 is 2.67 bits per heavy atom. The van der Waals surface area contributed by atoms with Gasteiger partial charge in [-0.2, -0.15) is 0 Å². The van der Waals surface area contributed by atoms with Crippen LogP contribution in [0.15, 0.2) is 35.7 Å². The molecule has 3 atom stereocenters. The van der Waals surface area contributed by atoms with Crippen molar-refractivity contribution in [3.05, 3.63) is 47.1 Å². The second-order valence-electron chi connectivity index (χ2n) is 6.71. The summed E-state index contributed by atoms with van der Waals surface area (Å²) < 4.78 is 13.1. The maximum absolute atomic E-state index is 13.1. The Kier molecular flexibility index (Phi) is 5.84. The minimum atomic E-state index is -0.503. The first-order valence-electron chi connectivity index (χ1n) is 8.88. The molecule has 3 rings (SSSR count). The second-order valence-corrected chi connectivity index (χ2v) is 7.77. The lowest BCUT2D eigenvalue weighted by Crippen LogP contribution is -2.63. The van der Waals surface area contributed by atoms with Crippen molar-refractivity contribution in [3.63, 3.8) is 0 Å². The number of urea groups is 1.